The number of aryl methyl sites for hydroxylation is 1. The van der Waals surface area contributed by atoms with Crippen molar-refractivity contribution in [3.8, 4) is 17.0 Å². The predicted octanol–water partition coefficient (Wildman–Crippen LogP) is 8.41. The van der Waals surface area contributed by atoms with E-state index in [2.05, 4.69) is 27.4 Å². The van der Waals surface area contributed by atoms with E-state index in [1.54, 1.807) is 24.4 Å². The zero-order valence-corrected chi connectivity index (χ0v) is 19.9. The summed E-state index contributed by atoms with van der Waals surface area (Å²) in [6.45, 7) is 4.19. The van der Waals surface area contributed by atoms with Crippen molar-refractivity contribution in [3.05, 3.63) is 51.9 Å². The lowest BCUT2D eigenvalue weighted by Gasteiger charge is -2.15. The molecule has 0 spiro atoms. The summed E-state index contributed by atoms with van der Waals surface area (Å²) in [5.41, 5.74) is 1.52. The lowest BCUT2D eigenvalue weighted by atomic mass is 10.1. The van der Waals surface area contributed by atoms with Crippen LogP contribution >= 0.6 is 11.3 Å². The number of pyridine rings is 1. The van der Waals surface area contributed by atoms with Crippen LogP contribution in [-0.2, 0) is 6.18 Å². The predicted molar refractivity (Wildman–Crippen MR) is 129 cm³/mol. The van der Waals surface area contributed by atoms with E-state index in [1.165, 1.54) is 30.0 Å². The number of benzene rings is 1. The number of hydrogen-bond acceptors (Lipinski definition) is 7. The van der Waals surface area contributed by atoms with Gasteiger partial charge in [-0.15, -0.1) is 16.2 Å². The number of unbranched alkanes of at least 4 members (excludes halogenated alkanes) is 5. The highest BCUT2D eigenvalue weighted by molar-refractivity contribution is 7.14. The number of nitrogens with one attached hydrogen (secondary N) is 1. The third-order valence-corrected chi connectivity index (χ3v) is 6.02. The lowest BCUT2D eigenvalue weighted by molar-refractivity contribution is -0.138. The van der Waals surface area contributed by atoms with Crippen LogP contribution in [0.3, 0.4) is 0 Å². The van der Waals surface area contributed by atoms with Crippen molar-refractivity contribution in [2.24, 2.45) is 5.18 Å². The van der Waals surface area contributed by atoms with Crippen LogP contribution in [0, 0.1) is 11.8 Å². The van der Waals surface area contributed by atoms with Gasteiger partial charge in [-0.2, -0.15) is 13.2 Å². The number of anilines is 2. The third kappa shape index (κ3) is 6.99. The molecule has 0 aliphatic rings. The minimum absolute atomic E-state index is 0.0771. The SMILES string of the molecule is CCCCCCCCOc1ccc(Nc2nc(-c3cnc(N=O)cc3C)cs2)cc1C(F)(F)F. The Morgan fingerprint density at radius 3 is 2.59 bits per heavy atom. The molecule has 0 radical (unpaired) electrons. The molecular weight excluding hydrogens is 465 g/mol. The molecule has 3 rings (SSSR count). The zero-order valence-electron chi connectivity index (χ0n) is 19.1. The maximum atomic E-state index is 13.7. The van der Waals surface area contributed by atoms with Crippen LogP contribution in [0.25, 0.3) is 11.3 Å². The Morgan fingerprint density at radius 1 is 1.12 bits per heavy atom. The first-order valence-electron chi connectivity index (χ1n) is 11.2. The number of alkyl halides is 3. The van der Waals surface area contributed by atoms with E-state index in [-0.39, 0.29) is 23.9 Å². The number of halogens is 3. The summed E-state index contributed by atoms with van der Waals surface area (Å²) < 4.78 is 46.4. The van der Waals surface area contributed by atoms with Gasteiger partial charge in [-0.3, -0.25) is 0 Å². The topological polar surface area (TPSA) is 76.5 Å². The molecule has 1 N–H and O–H groups in total. The maximum absolute atomic E-state index is 13.7. The van der Waals surface area contributed by atoms with Crippen molar-refractivity contribution < 1.29 is 17.9 Å². The van der Waals surface area contributed by atoms with Gasteiger partial charge in [0, 0.05) is 22.8 Å². The highest BCUT2D eigenvalue weighted by atomic mass is 32.1. The monoisotopic (exact) mass is 492 g/mol. The number of ether oxygens (including phenoxy) is 1. The normalized spacial score (nSPS) is 11.4. The maximum Gasteiger partial charge on any atom is 0.420 e. The number of hydrogen-bond donors (Lipinski definition) is 1. The second-order valence-corrected chi connectivity index (χ2v) is 8.79. The number of rotatable bonds is 12. The Hall–Kier alpha value is -3.01. The van der Waals surface area contributed by atoms with Gasteiger partial charge >= 0.3 is 6.18 Å². The van der Waals surface area contributed by atoms with E-state index < -0.39 is 11.7 Å². The first kappa shape index (κ1) is 25.6. The van der Waals surface area contributed by atoms with E-state index in [0.717, 1.165) is 43.7 Å². The smallest absolute Gasteiger partial charge is 0.420 e. The van der Waals surface area contributed by atoms with Crippen molar-refractivity contribution in [2.75, 3.05) is 11.9 Å². The molecule has 0 fully saturated rings. The van der Waals surface area contributed by atoms with Crippen molar-refractivity contribution in [2.45, 2.75) is 58.5 Å². The second kappa shape index (κ2) is 11.9. The lowest BCUT2D eigenvalue weighted by Crippen LogP contribution is -2.10. The molecule has 2 heterocycles. The summed E-state index contributed by atoms with van der Waals surface area (Å²) in [5, 5.41) is 7.94. The fraction of sp³-hybridized carbons (Fsp3) is 0.417. The summed E-state index contributed by atoms with van der Waals surface area (Å²) in [7, 11) is 0. The van der Waals surface area contributed by atoms with Crippen LogP contribution in [0.15, 0.2) is 41.0 Å². The largest absolute Gasteiger partial charge is 0.493 e. The fourth-order valence-electron chi connectivity index (χ4n) is 3.46. The van der Waals surface area contributed by atoms with Gasteiger partial charge in [0.1, 0.15) is 5.75 Å². The molecule has 34 heavy (non-hydrogen) atoms. The van der Waals surface area contributed by atoms with E-state index in [4.69, 9.17) is 4.74 Å². The number of nitrogens with zero attached hydrogens (tertiary/aromatic N) is 3. The summed E-state index contributed by atoms with van der Waals surface area (Å²) in [6, 6.07) is 5.48. The van der Waals surface area contributed by atoms with Gasteiger partial charge in [0.05, 0.1) is 17.9 Å². The quantitative estimate of drug-likeness (QED) is 0.203. The van der Waals surface area contributed by atoms with Gasteiger partial charge in [-0.05, 0) is 48.4 Å². The van der Waals surface area contributed by atoms with Crippen LogP contribution in [0.5, 0.6) is 5.75 Å². The molecule has 10 heteroatoms. The van der Waals surface area contributed by atoms with Crippen LogP contribution < -0.4 is 10.1 Å². The van der Waals surface area contributed by atoms with Gasteiger partial charge < -0.3 is 10.1 Å². The first-order chi connectivity index (χ1) is 16.3. The minimum atomic E-state index is -4.54. The Morgan fingerprint density at radius 2 is 1.88 bits per heavy atom. The van der Waals surface area contributed by atoms with Gasteiger partial charge in [-0.25, -0.2) is 9.97 Å². The van der Waals surface area contributed by atoms with Crippen molar-refractivity contribution in [1.82, 2.24) is 9.97 Å². The fourth-order valence-corrected chi connectivity index (χ4v) is 4.19. The number of aromatic nitrogens is 2. The summed E-state index contributed by atoms with van der Waals surface area (Å²) in [6.07, 6.45) is 3.15. The molecule has 2 aromatic heterocycles. The summed E-state index contributed by atoms with van der Waals surface area (Å²) in [5.74, 6) is -0.0923. The van der Waals surface area contributed by atoms with Gasteiger partial charge in [-0.1, -0.05) is 39.0 Å². The second-order valence-electron chi connectivity index (χ2n) is 7.94. The van der Waals surface area contributed by atoms with Gasteiger partial charge in [0.25, 0.3) is 0 Å². The molecule has 3 aromatic rings. The minimum Gasteiger partial charge on any atom is -0.493 e. The van der Waals surface area contributed by atoms with Crippen LogP contribution in [-0.4, -0.2) is 16.6 Å². The number of nitroso groups, excluding NO2 is 1. The highest BCUT2D eigenvalue weighted by Gasteiger charge is 2.34. The third-order valence-electron chi connectivity index (χ3n) is 5.26. The van der Waals surface area contributed by atoms with E-state index >= 15 is 0 Å². The molecule has 0 saturated heterocycles. The molecule has 1 aromatic carbocycles. The molecule has 0 aliphatic heterocycles. The Bertz CT molecular complexity index is 1100. The molecule has 182 valence electrons. The van der Waals surface area contributed by atoms with E-state index in [0.29, 0.717) is 16.4 Å². The molecule has 0 bridgehead atoms. The summed E-state index contributed by atoms with van der Waals surface area (Å²) in [4.78, 5) is 19.0. The Labute approximate surface area is 200 Å². The summed E-state index contributed by atoms with van der Waals surface area (Å²) >= 11 is 1.25. The van der Waals surface area contributed by atoms with E-state index in [9.17, 15) is 18.1 Å². The van der Waals surface area contributed by atoms with Gasteiger partial charge in [0.2, 0.25) is 0 Å². The molecule has 0 saturated carbocycles. The molecule has 0 aliphatic carbocycles. The molecule has 0 atom stereocenters. The molecule has 0 amide bonds. The van der Waals surface area contributed by atoms with Crippen LogP contribution in [0.2, 0.25) is 0 Å². The van der Waals surface area contributed by atoms with Crippen molar-refractivity contribution in [1.29, 1.82) is 0 Å². The number of thiazole rings is 1. The zero-order chi connectivity index (χ0) is 24.6. The van der Waals surface area contributed by atoms with Crippen LogP contribution in [0.4, 0.5) is 29.8 Å². The highest BCUT2D eigenvalue weighted by Crippen LogP contribution is 2.39. The first-order valence-corrected chi connectivity index (χ1v) is 12.1. The molecule has 6 nitrogen and oxygen atoms in total. The Balaban J connectivity index is 1.68. The molecule has 0 unspecified atom stereocenters. The average Bonchev–Trinajstić information content (AvgIpc) is 3.26. The van der Waals surface area contributed by atoms with Crippen LogP contribution in [0.1, 0.15) is 56.6 Å². The standard InChI is InChI=1S/C24H27F3N4O2S/c1-3-4-5-6-7-8-11-33-21-10-9-17(13-19(21)24(25,26)27)29-23-30-20(15-34-23)18-14-28-22(31-32)12-16(18)2/h9-10,12-15H,3-8,11H2,1-2H3,(H,29,30). The average molecular weight is 493 g/mol. The van der Waals surface area contributed by atoms with E-state index in [1.807, 2.05) is 0 Å². The van der Waals surface area contributed by atoms with Crippen molar-refractivity contribution in [3.63, 3.8) is 0 Å². The van der Waals surface area contributed by atoms with Crippen molar-refractivity contribution >= 4 is 28.0 Å². The van der Waals surface area contributed by atoms with Gasteiger partial charge in [0.15, 0.2) is 10.9 Å². The molecular formula is C24H27F3N4O2S. The Kier molecular flexibility index (Phi) is 8.98.